The van der Waals surface area contributed by atoms with Gasteiger partial charge in [0.15, 0.2) is 6.54 Å². The summed E-state index contributed by atoms with van der Waals surface area (Å²) in [6.07, 6.45) is 0. The minimum absolute atomic E-state index is 0.108. The summed E-state index contributed by atoms with van der Waals surface area (Å²) in [5.41, 5.74) is 0.901. The summed E-state index contributed by atoms with van der Waals surface area (Å²) in [6.45, 7) is 7.68. The fourth-order valence-electron chi connectivity index (χ4n) is 3.19. The molecule has 3 saturated heterocycles. The van der Waals surface area contributed by atoms with Crippen LogP contribution >= 0.6 is 23.2 Å². The fourth-order valence-corrected chi connectivity index (χ4v) is 3.66. The molecule has 1 amide bonds. The molecule has 3 fully saturated rings. The lowest BCUT2D eigenvalue weighted by atomic mass is 10.1. The second kappa shape index (κ2) is 6.13. The zero-order chi connectivity index (χ0) is 14.9. The number of hydrogen-bond donors (Lipinski definition) is 1. The third kappa shape index (κ3) is 3.51. The number of hydrogen-bond acceptors (Lipinski definition) is 2. The summed E-state index contributed by atoms with van der Waals surface area (Å²) >= 11 is 12.0. The smallest absolute Gasteiger partial charge is 0.275 e. The van der Waals surface area contributed by atoms with E-state index in [1.807, 2.05) is 6.07 Å². The summed E-state index contributed by atoms with van der Waals surface area (Å²) in [5.74, 6) is 0.108. The molecule has 0 radical (unpaired) electrons. The molecular formula is C15H20Cl2N3O+. The highest BCUT2D eigenvalue weighted by Gasteiger charge is 2.39. The molecule has 2 bridgehead atoms. The standard InChI is InChI=1S/C15H19Cl2N3O/c16-13-2-1-12(14(17)9-13)10-18-15(21)11-20-6-3-19(4-7-20)5-8-20/h1-2,9H,3-8,10-11H2/p+1. The second-order valence-electron chi connectivity index (χ2n) is 6.02. The summed E-state index contributed by atoms with van der Waals surface area (Å²) in [5, 5.41) is 4.20. The minimum atomic E-state index is 0.108. The first-order chi connectivity index (χ1) is 10.1. The first-order valence-electron chi connectivity index (χ1n) is 7.34. The van der Waals surface area contributed by atoms with E-state index in [2.05, 4.69) is 10.2 Å². The van der Waals surface area contributed by atoms with Crippen LogP contribution in [0.4, 0.5) is 0 Å². The zero-order valence-corrected chi connectivity index (χ0v) is 13.5. The maximum atomic E-state index is 12.2. The molecule has 3 heterocycles. The van der Waals surface area contributed by atoms with Gasteiger partial charge in [0.05, 0.1) is 19.6 Å². The van der Waals surface area contributed by atoms with Crippen molar-refractivity contribution in [3.05, 3.63) is 33.8 Å². The summed E-state index contributed by atoms with van der Waals surface area (Å²) in [6, 6.07) is 5.36. The maximum Gasteiger partial charge on any atom is 0.275 e. The minimum Gasteiger partial charge on any atom is -0.347 e. The van der Waals surface area contributed by atoms with Gasteiger partial charge in [-0.1, -0.05) is 29.3 Å². The number of carbonyl (C=O) groups is 1. The lowest BCUT2D eigenvalue weighted by molar-refractivity contribution is -0.933. The number of quaternary nitrogens is 1. The van der Waals surface area contributed by atoms with Crippen LogP contribution in [0.3, 0.4) is 0 Å². The van der Waals surface area contributed by atoms with E-state index in [0.29, 0.717) is 23.1 Å². The molecule has 21 heavy (non-hydrogen) atoms. The van der Waals surface area contributed by atoms with Crippen LogP contribution in [0.1, 0.15) is 5.56 Å². The molecule has 0 atom stereocenters. The van der Waals surface area contributed by atoms with Gasteiger partial charge in [-0.25, -0.2) is 0 Å². The van der Waals surface area contributed by atoms with Gasteiger partial charge in [0.25, 0.3) is 5.91 Å². The van der Waals surface area contributed by atoms with Crippen LogP contribution in [0, 0.1) is 0 Å². The SMILES string of the molecule is O=C(C[N+]12CCN(CC1)CC2)NCc1ccc(Cl)cc1Cl. The largest absolute Gasteiger partial charge is 0.347 e. The molecule has 3 aliphatic heterocycles. The Morgan fingerprint density at radius 2 is 1.86 bits per heavy atom. The lowest BCUT2D eigenvalue weighted by Gasteiger charge is -2.50. The van der Waals surface area contributed by atoms with Gasteiger partial charge in [0.1, 0.15) is 0 Å². The first-order valence-corrected chi connectivity index (χ1v) is 8.10. The predicted octanol–water partition coefficient (Wildman–Crippen LogP) is 1.76. The van der Waals surface area contributed by atoms with E-state index in [1.165, 1.54) is 0 Å². The molecule has 1 aromatic rings. The van der Waals surface area contributed by atoms with Crippen LogP contribution in [0.5, 0.6) is 0 Å². The second-order valence-corrected chi connectivity index (χ2v) is 6.87. The third-order valence-electron chi connectivity index (χ3n) is 4.64. The van der Waals surface area contributed by atoms with Crippen LogP contribution in [0.2, 0.25) is 10.0 Å². The van der Waals surface area contributed by atoms with E-state index >= 15 is 0 Å². The number of rotatable bonds is 4. The van der Waals surface area contributed by atoms with Gasteiger partial charge in [-0.05, 0) is 17.7 Å². The average molecular weight is 329 g/mol. The number of halogens is 2. The number of carbonyl (C=O) groups excluding carboxylic acids is 1. The number of benzene rings is 1. The highest BCUT2D eigenvalue weighted by Crippen LogP contribution is 2.21. The van der Waals surface area contributed by atoms with E-state index < -0.39 is 0 Å². The van der Waals surface area contributed by atoms with Crippen molar-refractivity contribution in [2.45, 2.75) is 6.54 Å². The Balaban J connectivity index is 1.54. The molecule has 0 aliphatic carbocycles. The van der Waals surface area contributed by atoms with Crippen molar-refractivity contribution in [1.82, 2.24) is 10.2 Å². The van der Waals surface area contributed by atoms with Crippen LogP contribution in [0.15, 0.2) is 18.2 Å². The van der Waals surface area contributed by atoms with Gasteiger partial charge in [-0.2, -0.15) is 0 Å². The Morgan fingerprint density at radius 3 is 2.48 bits per heavy atom. The lowest BCUT2D eigenvalue weighted by Crippen LogP contribution is -2.69. The molecule has 1 aromatic carbocycles. The van der Waals surface area contributed by atoms with Crippen molar-refractivity contribution in [2.75, 3.05) is 45.8 Å². The normalized spacial score (nSPS) is 27.6. The molecule has 0 aromatic heterocycles. The van der Waals surface area contributed by atoms with E-state index in [-0.39, 0.29) is 5.91 Å². The molecule has 0 saturated carbocycles. The Labute approximate surface area is 135 Å². The van der Waals surface area contributed by atoms with Crippen LogP contribution in [-0.4, -0.2) is 61.1 Å². The van der Waals surface area contributed by atoms with Crippen molar-refractivity contribution < 1.29 is 9.28 Å². The zero-order valence-electron chi connectivity index (χ0n) is 11.9. The monoisotopic (exact) mass is 328 g/mol. The molecule has 4 nitrogen and oxygen atoms in total. The van der Waals surface area contributed by atoms with Gasteiger partial charge < -0.3 is 9.80 Å². The Morgan fingerprint density at radius 1 is 1.19 bits per heavy atom. The maximum absolute atomic E-state index is 12.2. The topological polar surface area (TPSA) is 32.3 Å². The van der Waals surface area contributed by atoms with Crippen LogP contribution in [0.25, 0.3) is 0 Å². The third-order valence-corrected chi connectivity index (χ3v) is 5.23. The molecule has 0 spiro atoms. The van der Waals surface area contributed by atoms with Crippen molar-refractivity contribution >= 4 is 29.1 Å². The first kappa shape index (κ1) is 15.1. The highest BCUT2D eigenvalue weighted by atomic mass is 35.5. The highest BCUT2D eigenvalue weighted by molar-refractivity contribution is 6.35. The van der Waals surface area contributed by atoms with Gasteiger partial charge in [0, 0.05) is 36.2 Å². The van der Waals surface area contributed by atoms with Crippen molar-refractivity contribution in [2.24, 2.45) is 0 Å². The Hall–Kier alpha value is -0.810. The van der Waals surface area contributed by atoms with Crippen LogP contribution in [-0.2, 0) is 11.3 Å². The van der Waals surface area contributed by atoms with E-state index in [0.717, 1.165) is 49.3 Å². The Bertz CT molecular complexity index is 528. The number of nitrogens with one attached hydrogen (secondary N) is 1. The average Bonchev–Trinajstić information content (AvgIpc) is 2.48. The number of fused-ring (bicyclic) bond motifs is 3. The van der Waals surface area contributed by atoms with Crippen molar-refractivity contribution in [3.63, 3.8) is 0 Å². The molecule has 0 unspecified atom stereocenters. The molecule has 114 valence electrons. The molecule has 4 rings (SSSR count). The molecule has 3 aliphatic rings. The molecule has 1 N–H and O–H groups in total. The van der Waals surface area contributed by atoms with Crippen molar-refractivity contribution in [1.29, 1.82) is 0 Å². The Kier molecular flexibility index (Phi) is 4.41. The van der Waals surface area contributed by atoms with Gasteiger partial charge >= 0.3 is 0 Å². The number of nitrogens with zero attached hydrogens (tertiary/aromatic N) is 2. The van der Waals surface area contributed by atoms with E-state index in [4.69, 9.17) is 23.2 Å². The van der Waals surface area contributed by atoms with Gasteiger partial charge in [0.2, 0.25) is 0 Å². The summed E-state index contributed by atoms with van der Waals surface area (Å²) in [7, 11) is 0. The number of piperazine rings is 3. The fraction of sp³-hybridized carbons (Fsp3) is 0.533. The summed E-state index contributed by atoms with van der Waals surface area (Å²) < 4.78 is 0.941. The number of amides is 1. The van der Waals surface area contributed by atoms with Crippen LogP contribution < -0.4 is 5.32 Å². The van der Waals surface area contributed by atoms with Crippen molar-refractivity contribution in [3.8, 4) is 0 Å². The van der Waals surface area contributed by atoms with E-state index in [1.54, 1.807) is 12.1 Å². The molecule has 6 heteroatoms. The molecular weight excluding hydrogens is 309 g/mol. The summed E-state index contributed by atoms with van der Waals surface area (Å²) in [4.78, 5) is 14.7. The van der Waals surface area contributed by atoms with E-state index in [9.17, 15) is 4.79 Å². The predicted molar refractivity (Wildman–Crippen MR) is 84.5 cm³/mol. The van der Waals surface area contributed by atoms with Gasteiger partial charge in [-0.15, -0.1) is 0 Å². The quantitative estimate of drug-likeness (QED) is 0.854. The van der Waals surface area contributed by atoms with Gasteiger partial charge in [-0.3, -0.25) is 9.69 Å².